The molecule has 23 heavy (non-hydrogen) atoms. The van der Waals surface area contributed by atoms with Crippen LogP contribution in [0.3, 0.4) is 0 Å². The Bertz CT molecular complexity index is 684. The van der Waals surface area contributed by atoms with Crippen LogP contribution in [0.25, 0.3) is 6.08 Å². The standard InChI is InChI=1S/C20H22O3/c1-14(9-10-15-7-5-4-6-8-15)23-18(22)20-12-11-16(13-17(20)21)19(20,2)3/h4-10,16H,1,11-13H2,2-3H3/b10-9+/t16-,20+/m0/s1. The second kappa shape index (κ2) is 5.48. The first-order chi connectivity index (χ1) is 10.9. The lowest BCUT2D eigenvalue weighted by molar-refractivity contribution is -0.160. The normalized spacial score (nSPS) is 28.3. The molecule has 0 heterocycles. The molecule has 0 amide bonds. The van der Waals surface area contributed by atoms with Gasteiger partial charge in [0.25, 0.3) is 0 Å². The lowest BCUT2D eigenvalue weighted by atomic mass is 9.69. The third-order valence-corrected chi connectivity index (χ3v) is 5.73. The quantitative estimate of drug-likeness (QED) is 0.363. The summed E-state index contributed by atoms with van der Waals surface area (Å²) in [6.45, 7) is 7.82. The van der Waals surface area contributed by atoms with Crippen LogP contribution in [0.1, 0.15) is 38.7 Å². The first kappa shape index (κ1) is 15.7. The maximum absolute atomic E-state index is 12.7. The van der Waals surface area contributed by atoms with Crippen LogP contribution >= 0.6 is 0 Å². The SMILES string of the molecule is C=C(/C=C/c1ccccc1)OC(=O)[C@@]12CC[C@@H](CC1=O)C2(C)C. The molecule has 2 fully saturated rings. The van der Waals surface area contributed by atoms with Gasteiger partial charge >= 0.3 is 5.97 Å². The topological polar surface area (TPSA) is 43.4 Å². The van der Waals surface area contributed by atoms with Crippen molar-refractivity contribution in [3.8, 4) is 0 Å². The molecular weight excluding hydrogens is 288 g/mol. The number of carbonyl (C=O) groups is 2. The predicted octanol–water partition coefficient (Wildman–Crippen LogP) is 4.15. The Morgan fingerprint density at radius 1 is 1.30 bits per heavy atom. The van der Waals surface area contributed by atoms with Crippen LogP contribution in [0.4, 0.5) is 0 Å². The van der Waals surface area contributed by atoms with Crippen molar-refractivity contribution >= 4 is 17.8 Å². The molecule has 0 spiro atoms. The van der Waals surface area contributed by atoms with E-state index in [0.29, 0.717) is 12.8 Å². The maximum atomic E-state index is 12.7. The number of allylic oxidation sites excluding steroid dienone is 1. The van der Waals surface area contributed by atoms with Gasteiger partial charge in [0.15, 0.2) is 5.78 Å². The fraction of sp³-hybridized carbons (Fsp3) is 0.400. The molecule has 1 aromatic carbocycles. The average molecular weight is 310 g/mol. The summed E-state index contributed by atoms with van der Waals surface area (Å²) in [6.07, 6.45) is 5.52. The summed E-state index contributed by atoms with van der Waals surface area (Å²) in [5, 5.41) is 0. The third kappa shape index (κ3) is 2.35. The Hall–Kier alpha value is -2.16. The highest BCUT2D eigenvalue weighted by molar-refractivity contribution is 6.07. The number of rotatable bonds is 4. The van der Waals surface area contributed by atoms with E-state index in [1.54, 1.807) is 6.08 Å². The van der Waals surface area contributed by atoms with Crippen LogP contribution in [-0.2, 0) is 14.3 Å². The molecule has 2 bridgehead atoms. The van der Waals surface area contributed by atoms with Gasteiger partial charge in [-0.15, -0.1) is 0 Å². The lowest BCUT2D eigenvalue weighted by Crippen LogP contribution is -2.44. The Labute approximate surface area is 137 Å². The Morgan fingerprint density at radius 2 is 2.00 bits per heavy atom. The van der Waals surface area contributed by atoms with Crippen molar-refractivity contribution in [2.24, 2.45) is 16.7 Å². The van der Waals surface area contributed by atoms with E-state index in [1.165, 1.54) is 0 Å². The molecule has 3 nitrogen and oxygen atoms in total. The molecule has 0 unspecified atom stereocenters. The molecule has 0 radical (unpaired) electrons. The number of carbonyl (C=O) groups excluding carboxylic acids is 2. The third-order valence-electron chi connectivity index (χ3n) is 5.73. The molecule has 0 saturated heterocycles. The van der Waals surface area contributed by atoms with Crippen LogP contribution in [0.5, 0.6) is 0 Å². The fourth-order valence-corrected chi connectivity index (χ4v) is 4.15. The van der Waals surface area contributed by atoms with E-state index < -0.39 is 11.4 Å². The van der Waals surface area contributed by atoms with Gasteiger partial charge in [0.2, 0.25) is 0 Å². The van der Waals surface area contributed by atoms with Gasteiger partial charge in [-0.1, -0.05) is 56.8 Å². The van der Waals surface area contributed by atoms with Gasteiger partial charge < -0.3 is 4.74 Å². The molecule has 120 valence electrons. The summed E-state index contributed by atoms with van der Waals surface area (Å²) >= 11 is 0. The summed E-state index contributed by atoms with van der Waals surface area (Å²) in [5.74, 6) is 0.154. The highest BCUT2D eigenvalue weighted by Gasteiger charge is 2.69. The van der Waals surface area contributed by atoms with Gasteiger partial charge in [-0.05, 0) is 35.8 Å². The van der Waals surface area contributed by atoms with Gasteiger partial charge in [-0.2, -0.15) is 0 Å². The number of ketones is 1. The number of benzene rings is 1. The van der Waals surface area contributed by atoms with E-state index in [2.05, 4.69) is 6.58 Å². The van der Waals surface area contributed by atoms with Gasteiger partial charge in [-0.25, -0.2) is 0 Å². The summed E-state index contributed by atoms with van der Waals surface area (Å²) in [4.78, 5) is 25.2. The molecule has 3 heteroatoms. The minimum Gasteiger partial charge on any atom is -0.426 e. The van der Waals surface area contributed by atoms with Crippen LogP contribution < -0.4 is 0 Å². The Kier molecular flexibility index (Phi) is 3.75. The number of hydrogen-bond acceptors (Lipinski definition) is 3. The first-order valence-corrected chi connectivity index (χ1v) is 8.05. The van der Waals surface area contributed by atoms with Crippen molar-refractivity contribution in [2.45, 2.75) is 33.1 Å². The van der Waals surface area contributed by atoms with E-state index in [4.69, 9.17) is 4.74 Å². The van der Waals surface area contributed by atoms with E-state index in [9.17, 15) is 9.59 Å². The van der Waals surface area contributed by atoms with Crippen LogP contribution in [0, 0.1) is 16.7 Å². The zero-order chi connectivity index (χ0) is 16.7. The van der Waals surface area contributed by atoms with Crippen molar-refractivity contribution in [1.29, 1.82) is 0 Å². The molecule has 1 aromatic rings. The van der Waals surface area contributed by atoms with E-state index >= 15 is 0 Å². The number of esters is 1. The van der Waals surface area contributed by atoms with E-state index in [-0.39, 0.29) is 22.9 Å². The maximum Gasteiger partial charge on any atom is 0.325 e. The minimum atomic E-state index is -0.985. The fourth-order valence-electron chi connectivity index (χ4n) is 4.15. The van der Waals surface area contributed by atoms with Crippen LogP contribution in [-0.4, -0.2) is 11.8 Å². The zero-order valence-corrected chi connectivity index (χ0v) is 13.7. The summed E-state index contributed by atoms with van der Waals surface area (Å²) in [7, 11) is 0. The molecule has 2 saturated carbocycles. The van der Waals surface area contributed by atoms with Crippen molar-refractivity contribution in [1.82, 2.24) is 0 Å². The summed E-state index contributed by atoms with van der Waals surface area (Å²) in [6, 6.07) is 9.72. The van der Waals surface area contributed by atoms with Gasteiger partial charge in [0, 0.05) is 6.42 Å². The van der Waals surface area contributed by atoms with E-state index in [1.807, 2.05) is 50.3 Å². The number of fused-ring (bicyclic) bond motifs is 2. The van der Waals surface area contributed by atoms with Gasteiger partial charge in [-0.3, -0.25) is 9.59 Å². The summed E-state index contributed by atoms with van der Waals surface area (Å²) < 4.78 is 5.44. The second-order valence-electron chi connectivity index (χ2n) is 7.09. The highest BCUT2D eigenvalue weighted by atomic mass is 16.5. The first-order valence-electron chi connectivity index (χ1n) is 8.05. The van der Waals surface area contributed by atoms with E-state index in [0.717, 1.165) is 12.0 Å². The predicted molar refractivity (Wildman–Crippen MR) is 89.3 cm³/mol. The van der Waals surface area contributed by atoms with Crippen molar-refractivity contribution in [3.05, 3.63) is 54.3 Å². The smallest absolute Gasteiger partial charge is 0.325 e. The van der Waals surface area contributed by atoms with Crippen molar-refractivity contribution in [2.75, 3.05) is 0 Å². The second-order valence-corrected chi connectivity index (χ2v) is 7.09. The number of Topliss-reactive ketones (excluding diaryl/α,β-unsaturated/α-hetero) is 1. The largest absolute Gasteiger partial charge is 0.426 e. The highest BCUT2D eigenvalue weighted by Crippen LogP contribution is 2.64. The Balaban J connectivity index is 1.73. The number of ether oxygens (including phenoxy) is 1. The molecule has 0 aliphatic heterocycles. The molecule has 0 N–H and O–H groups in total. The van der Waals surface area contributed by atoms with Crippen molar-refractivity contribution in [3.63, 3.8) is 0 Å². The number of hydrogen-bond donors (Lipinski definition) is 0. The molecule has 3 rings (SSSR count). The monoisotopic (exact) mass is 310 g/mol. The van der Waals surface area contributed by atoms with Crippen LogP contribution in [0.2, 0.25) is 0 Å². The minimum absolute atomic E-state index is 0.0311. The molecule has 2 aliphatic rings. The molecule has 2 aliphatic carbocycles. The van der Waals surface area contributed by atoms with Gasteiger partial charge in [0.05, 0.1) is 0 Å². The average Bonchev–Trinajstić information content (AvgIpc) is 2.89. The Morgan fingerprint density at radius 3 is 2.57 bits per heavy atom. The van der Waals surface area contributed by atoms with Gasteiger partial charge in [0.1, 0.15) is 11.2 Å². The lowest BCUT2D eigenvalue weighted by Gasteiger charge is -2.33. The molecule has 0 aromatic heterocycles. The zero-order valence-electron chi connectivity index (χ0n) is 13.7. The summed E-state index contributed by atoms with van der Waals surface area (Å²) in [5.41, 5.74) is -0.313. The van der Waals surface area contributed by atoms with Crippen LogP contribution in [0.15, 0.2) is 48.7 Å². The molecular formula is C20H22O3. The molecule has 2 atom stereocenters. The van der Waals surface area contributed by atoms with Crippen molar-refractivity contribution < 1.29 is 14.3 Å².